The van der Waals surface area contributed by atoms with Crippen LogP contribution in [-0.2, 0) is 16.1 Å². The van der Waals surface area contributed by atoms with E-state index >= 15 is 0 Å². The zero-order chi connectivity index (χ0) is 9.68. The number of rotatable bonds is 5. The first kappa shape index (κ1) is 10.4. The van der Waals surface area contributed by atoms with Crippen molar-refractivity contribution in [2.24, 2.45) is 0 Å². The molecule has 2 N–H and O–H groups in total. The fraction of sp³-hybridized carbons (Fsp3) is 0.625. The van der Waals surface area contributed by atoms with Crippen LogP contribution in [0.2, 0.25) is 0 Å². The van der Waals surface area contributed by atoms with Gasteiger partial charge in [-0.15, -0.1) is 11.3 Å². The Kier molecular flexibility index (Phi) is 4.14. The largest absolute Gasteiger partial charge is 0.382 e. The fourth-order valence-corrected chi connectivity index (χ4v) is 1.45. The minimum absolute atomic E-state index is 0.0907. The summed E-state index contributed by atoms with van der Waals surface area (Å²) in [5, 5.41) is 2.48. The molecule has 0 aromatic carbocycles. The highest BCUT2D eigenvalue weighted by molar-refractivity contribution is 7.13. The highest BCUT2D eigenvalue weighted by Gasteiger charge is 2.03. The first-order valence-corrected chi connectivity index (χ1v) is 4.90. The Morgan fingerprint density at radius 3 is 3.00 bits per heavy atom. The molecule has 13 heavy (non-hydrogen) atoms. The summed E-state index contributed by atoms with van der Waals surface area (Å²) in [5.41, 5.74) is 6.35. The lowest BCUT2D eigenvalue weighted by Gasteiger charge is -2.09. The number of nitrogen functional groups attached to an aromatic ring is 1. The van der Waals surface area contributed by atoms with Crippen LogP contribution in [0.3, 0.4) is 0 Å². The number of anilines is 1. The van der Waals surface area contributed by atoms with Gasteiger partial charge in [0.2, 0.25) is 0 Å². The quantitative estimate of drug-likeness (QED) is 0.781. The van der Waals surface area contributed by atoms with Gasteiger partial charge in [-0.05, 0) is 6.92 Å². The SMILES string of the molecule is COCC(C)OCc1csc(N)n1. The van der Waals surface area contributed by atoms with Gasteiger partial charge in [0.1, 0.15) is 0 Å². The molecule has 0 saturated carbocycles. The van der Waals surface area contributed by atoms with Gasteiger partial charge in [-0.25, -0.2) is 4.98 Å². The first-order valence-electron chi connectivity index (χ1n) is 4.02. The molecule has 0 saturated heterocycles. The van der Waals surface area contributed by atoms with Gasteiger partial charge in [-0.2, -0.15) is 0 Å². The summed E-state index contributed by atoms with van der Waals surface area (Å²) in [6.07, 6.45) is 0.0907. The van der Waals surface area contributed by atoms with Gasteiger partial charge < -0.3 is 15.2 Å². The number of methoxy groups -OCH3 is 1. The smallest absolute Gasteiger partial charge is 0.180 e. The molecule has 0 aliphatic carbocycles. The highest BCUT2D eigenvalue weighted by atomic mass is 32.1. The average Bonchev–Trinajstić information content (AvgIpc) is 2.49. The maximum atomic E-state index is 5.47. The van der Waals surface area contributed by atoms with Crippen molar-refractivity contribution in [3.63, 3.8) is 0 Å². The van der Waals surface area contributed by atoms with Crippen LogP contribution < -0.4 is 5.73 Å². The molecule has 1 rings (SSSR count). The van der Waals surface area contributed by atoms with E-state index in [1.165, 1.54) is 11.3 Å². The second-order valence-corrected chi connectivity index (χ2v) is 3.64. The molecule has 4 nitrogen and oxygen atoms in total. The molecule has 0 amide bonds. The van der Waals surface area contributed by atoms with Crippen LogP contribution in [0.15, 0.2) is 5.38 Å². The van der Waals surface area contributed by atoms with Gasteiger partial charge in [0.05, 0.1) is 25.0 Å². The van der Waals surface area contributed by atoms with Crippen LogP contribution in [0.4, 0.5) is 5.13 Å². The lowest BCUT2D eigenvalue weighted by molar-refractivity contribution is -0.00116. The molecule has 0 fully saturated rings. The molecular formula is C8H14N2O2S. The van der Waals surface area contributed by atoms with E-state index in [2.05, 4.69) is 4.98 Å². The number of aromatic nitrogens is 1. The Labute approximate surface area is 81.7 Å². The second-order valence-electron chi connectivity index (χ2n) is 2.75. The predicted molar refractivity (Wildman–Crippen MR) is 52.7 cm³/mol. The Balaban J connectivity index is 2.26. The van der Waals surface area contributed by atoms with E-state index in [1.807, 2.05) is 12.3 Å². The number of hydrogen-bond acceptors (Lipinski definition) is 5. The van der Waals surface area contributed by atoms with Crippen LogP contribution in [0.25, 0.3) is 0 Å². The van der Waals surface area contributed by atoms with Crippen molar-refractivity contribution in [2.75, 3.05) is 19.5 Å². The average molecular weight is 202 g/mol. The molecule has 1 aromatic rings. The summed E-state index contributed by atoms with van der Waals surface area (Å²) in [6, 6.07) is 0. The third kappa shape index (κ3) is 3.71. The Morgan fingerprint density at radius 1 is 1.69 bits per heavy atom. The lowest BCUT2D eigenvalue weighted by Crippen LogP contribution is -2.14. The molecule has 1 unspecified atom stereocenters. The molecule has 1 heterocycles. The summed E-state index contributed by atoms with van der Waals surface area (Å²) in [4.78, 5) is 4.07. The molecular weight excluding hydrogens is 188 g/mol. The minimum atomic E-state index is 0.0907. The zero-order valence-corrected chi connectivity index (χ0v) is 8.63. The fourth-order valence-electron chi connectivity index (χ4n) is 0.899. The molecule has 1 aromatic heterocycles. The molecule has 0 aliphatic rings. The van der Waals surface area contributed by atoms with E-state index in [1.54, 1.807) is 7.11 Å². The Morgan fingerprint density at radius 2 is 2.46 bits per heavy atom. The first-order chi connectivity index (χ1) is 6.22. The van der Waals surface area contributed by atoms with Gasteiger partial charge in [-0.3, -0.25) is 0 Å². The third-order valence-corrected chi connectivity index (χ3v) is 2.21. The highest BCUT2D eigenvalue weighted by Crippen LogP contribution is 2.12. The van der Waals surface area contributed by atoms with E-state index in [-0.39, 0.29) is 6.10 Å². The molecule has 0 aliphatic heterocycles. The molecule has 5 heteroatoms. The van der Waals surface area contributed by atoms with Crippen LogP contribution in [0.1, 0.15) is 12.6 Å². The standard InChI is InChI=1S/C8H14N2O2S/c1-6(3-11-2)12-4-7-5-13-8(9)10-7/h5-6H,3-4H2,1-2H3,(H2,9,10). The number of nitrogens with zero attached hydrogens (tertiary/aromatic N) is 1. The topological polar surface area (TPSA) is 57.4 Å². The molecule has 1 atom stereocenters. The van der Waals surface area contributed by atoms with Gasteiger partial charge >= 0.3 is 0 Å². The summed E-state index contributed by atoms with van der Waals surface area (Å²) in [5.74, 6) is 0. The van der Waals surface area contributed by atoms with E-state index in [0.717, 1.165) is 5.69 Å². The van der Waals surface area contributed by atoms with Crippen molar-refractivity contribution >= 4 is 16.5 Å². The van der Waals surface area contributed by atoms with Crippen LogP contribution in [0, 0.1) is 0 Å². The summed E-state index contributed by atoms with van der Waals surface area (Å²) >= 11 is 1.42. The number of thiazole rings is 1. The number of nitrogens with two attached hydrogens (primary N) is 1. The van der Waals surface area contributed by atoms with Crippen LogP contribution in [-0.4, -0.2) is 24.8 Å². The third-order valence-electron chi connectivity index (χ3n) is 1.49. The lowest BCUT2D eigenvalue weighted by atomic mass is 10.4. The van der Waals surface area contributed by atoms with Crippen molar-refractivity contribution in [1.82, 2.24) is 4.98 Å². The van der Waals surface area contributed by atoms with E-state index < -0.39 is 0 Å². The Hall–Kier alpha value is -0.650. The summed E-state index contributed by atoms with van der Waals surface area (Å²) < 4.78 is 10.4. The van der Waals surface area contributed by atoms with Gasteiger partial charge in [0.25, 0.3) is 0 Å². The van der Waals surface area contributed by atoms with Gasteiger partial charge in [0.15, 0.2) is 5.13 Å². The van der Waals surface area contributed by atoms with Crippen LogP contribution >= 0.6 is 11.3 Å². The number of ether oxygens (including phenoxy) is 2. The Bertz CT molecular complexity index is 252. The van der Waals surface area contributed by atoms with Gasteiger partial charge in [-0.1, -0.05) is 0 Å². The van der Waals surface area contributed by atoms with E-state index in [4.69, 9.17) is 15.2 Å². The van der Waals surface area contributed by atoms with Crippen molar-refractivity contribution in [2.45, 2.75) is 19.6 Å². The summed E-state index contributed by atoms with van der Waals surface area (Å²) in [6.45, 7) is 3.05. The number of hydrogen-bond donors (Lipinski definition) is 1. The monoisotopic (exact) mass is 202 g/mol. The van der Waals surface area contributed by atoms with Crippen molar-refractivity contribution < 1.29 is 9.47 Å². The molecule has 74 valence electrons. The van der Waals surface area contributed by atoms with E-state index in [0.29, 0.717) is 18.3 Å². The normalized spacial score (nSPS) is 13.1. The van der Waals surface area contributed by atoms with E-state index in [9.17, 15) is 0 Å². The molecule has 0 bridgehead atoms. The van der Waals surface area contributed by atoms with Crippen LogP contribution in [0.5, 0.6) is 0 Å². The van der Waals surface area contributed by atoms with Crippen molar-refractivity contribution in [3.05, 3.63) is 11.1 Å². The molecule has 0 radical (unpaired) electrons. The molecule has 0 spiro atoms. The minimum Gasteiger partial charge on any atom is -0.382 e. The maximum Gasteiger partial charge on any atom is 0.180 e. The van der Waals surface area contributed by atoms with Crippen molar-refractivity contribution in [3.8, 4) is 0 Å². The maximum absolute atomic E-state index is 5.47. The zero-order valence-electron chi connectivity index (χ0n) is 7.82. The van der Waals surface area contributed by atoms with Crippen molar-refractivity contribution in [1.29, 1.82) is 0 Å². The van der Waals surface area contributed by atoms with Gasteiger partial charge in [0, 0.05) is 12.5 Å². The predicted octanol–water partition coefficient (Wildman–Crippen LogP) is 1.28. The summed E-state index contributed by atoms with van der Waals surface area (Å²) in [7, 11) is 1.65. The second kappa shape index (κ2) is 5.16.